The molecule has 4 nitrogen and oxygen atoms in total. The number of fused-ring (bicyclic) bond motifs is 5. The van der Waals surface area contributed by atoms with Crippen LogP contribution in [0.5, 0.6) is 0 Å². The van der Waals surface area contributed by atoms with Crippen molar-refractivity contribution in [3.8, 4) is 0 Å². The molecule has 3 aliphatic carbocycles. The van der Waals surface area contributed by atoms with E-state index < -0.39 is 46.4 Å². The first-order chi connectivity index (χ1) is 17.1. The number of piperidine rings is 1. The van der Waals surface area contributed by atoms with Crippen molar-refractivity contribution >= 4 is 17.5 Å². The zero-order chi connectivity index (χ0) is 27.0. The summed E-state index contributed by atoms with van der Waals surface area (Å²) in [6, 6.07) is 1.13. The fourth-order valence-electron chi connectivity index (χ4n) is 7.92. The highest BCUT2D eigenvalue weighted by Gasteiger charge is 2.60. The largest absolute Gasteiger partial charge is 0.418 e. The van der Waals surface area contributed by atoms with E-state index >= 15 is 0 Å². The van der Waals surface area contributed by atoms with Crippen LogP contribution in [0.1, 0.15) is 69.9 Å². The summed E-state index contributed by atoms with van der Waals surface area (Å²) in [5.74, 6) is -0.464. The molecule has 1 heterocycles. The van der Waals surface area contributed by atoms with Gasteiger partial charge in [0.05, 0.1) is 16.8 Å². The third kappa shape index (κ3) is 4.24. The monoisotopic (exact) mass is 528 g/mol. The highest BCUT2D eigenvalue weighted by atomic mass is 19.4. The van der Waals surface area contributed by atoms with Crippen molar-refractivity contribution in [3.05, 3.63) is 41.1 Å². The summed E-state index contributed by atoms with van der Waals surface area (Å²) < 4.78 is 80.4. The number of anilines is 1. The number of hydrogen-bond donors (Lipinski definition) is 2. The Kier molecular flexibility index (Phi) is 5.99. The molecule has 4 aliphatic rings. The smallest absolute Gasteiger partial charge is 0.330 e. The van der Waals surface area contributed by atoms with Crippen molar-refractivity contribution < 1.29 is 35.9 Å². The Morgan fingerprint density at radius 2 is 1.73 bits per heavy atom. The summed E-state index contributed by atoms with van der Waals surface area (Å²) in [5, 5.41) is 5.28. The average molecular weight is 529 g/mol. The number of amides is 2. The molecule has 37 heavy (non-hydrogen) atoms. The molecule has 4 unspecified atom stereocenters. The van der Waals surface area contributed by atoms with Crippen molar-refractivity contribution in [2.24, 2.45) is 34.5 Å². The van der Waals surface area contributed by atoms with Gasteiger partial charge in [0.2, 0.25) is 11.8 Å². The Labute approximate surface area is 211 Å². The second-order valence-corrected chi connectivity index (χ2v) is 11.6. The zero-order valence-corrected chi connectivity index (χ0v) is 20.7. The van der Waals surface area contributed by atoms with E-state index in [0.717, 1.165) is 31.4 Å². The Bertz CT molecular complexity index is 1160. The summed E-state index contributed by atoms with van der Waals surface area (Å²) in [5.41, 5.74) is -3.05. The summed E-state index contributed by atoms with van der Waals surface area (Å²) in [7, 11) is 0. The van der Waals surface area contributed by atoms with Crippen molar-refractivity contribution in [2.45, 2.75) is 71.1 Å². The highest BCUT2D eigenvalue weighted by molar-refractivity contribution is 5.94. The predicted molar refractivity (Wildman–Crippen MR) is 124 cm³/mol. The van der Waals surface area contributed by atoms with Gasteiger partial charge in [-0.1, -0.05) is 19.9 Å². The van der Waals surface area contributed by atoms with Gasteiger partial charge in [0.1, 0.15) is 0 Å². The molecule has 6 atom stereocenters. The SMILES string of the molecule is C[C@]12CCC3C(CC=C4NC(=O)CC[C@@]43C)C1CCC2C(=O)Nc1cc(C(F)(F)F)ccc1C(F)(F)F. The Morgan fingerprint density at radius 3 is 2.41 bits per heavy atom. The Balaban J connectivity index is 1.40. The van der Waals surface area contributed by atoms with Crippen LogP contribution >= 0.6 is 0 Å². The first kappa shape index (κ1) is 26.1. The van der Waals surface area contributed by atoms with E-state index in [4.69, 9.17) is 0 Å². The minimum absolute atomic E-state index is 0.0215. The fourth-order valence-corrected chi connectivity index (χ4v) is 7.92. The summed E-state index contributed by atoms with van der Waals surface area (Å²) in [6.45, 7) is 4.19. The summed E-state index contributed by atoms with van der Waals surface area (Å²) in [6.07, 6.45) is -2.95. The third-order valence-electron chi connectivity index (χ3n) is 9.84. The molecule has 1 saturated heterocycles. The van der Waals surface area contributed by atoms with E-state index in [2.05, 4.69) is 23.6 Å². The van der Waals surface area contributed by atoms with Gasteiger partial charge in [-0.15, -0.1) is 0 Å². The van der Waals surface area contributed by atoms with E-state index in [9.17, 15) is 35.9 Å². The number of rotatable bonds is 2. The van der Waals surface area contributed by atoms with Crippen molar-refractivity contribution in [1.82, 2.24) is 5.32 Å². The second-order valence-electron chi connectivity index (χ2n) is 11.6. The molecule has 2 amide bonds. The van der Waals surface area contributed by atoms with Crippen LogP contribution in [0.2, 0.25) is 0 Å². The average Bonchev–Trinajstić information content (AvgIpc) is 3.15. The van der Waals surface area contributed by atoms with Gasteiger partial charge in [0, 0.05) is 23.5 Å². The Hall–Kier alpha value is -2.52. The lowest BCUT2D eigenvalue weighted by Crippen LogP contribution is -2.53. The molecule has 0 radical (unpaired) electrons. The van der Waals surface area contributed by atoms with Crippen molar-refractivity contribution in [1.29, 1.82) is 0 Å². The second kappa shape index (κ2) is 8.50. The van der Waals surface area contributed by atoms with E-state index in [-0.39, 0.29) is 23.2 Å². The molecule has 10 heteroatoms. The van der Waals surface area contributed by atoms with Gasteiger partial charge >= 0.3 is 12.4 Å². The van der Waals surface area contributed by atoms with E-state index in [1.807, 2.05) is 6.92 Å². The van der Waals surface area contributed by atoms with Gasteiger partial charge < -0.3 is 10.6 Å². The molecule has 0 aromatic heterocycles. The molecule has 1 aromatic carbocycles. The molecular weight excluding hydrogens is 498 g/mol. The lowest BCUT2D eigenvalue weighted by atomic mass is 9.49. The van der Waals surface area contributed by atoms with E-state index in [1.165, 1.54) is 0 Å². The summed E-state index contributed by atoms with van der Waals surface area (Å²) in [4.78, 5) is 25.3. The molecule has 2 N–H and O–H groups in total. The van der Waals surface area contributed by atoms with Crippen LogP contribution in [0.3, 0.4) is 0 Å². The quantitative estimate of drug-likeness (QED) is 0.409. The van der Waals surface area contributed by atoms with Gasteiger partial charge in [0.25, 0.3) is 0 Å². The fraction of sp³-hybridized carbons (Fsp3) is 0.630. The van der Waals surface area contributed by atoms with Crippen LogP contribution in [0.4, 0.5) is 32.0 Å². The predicted octanol–water partition coefficient (Wildman–Crippen LogP) is 6.93. The van der Waals surface area contributed by atoms with Crippen molar-refractivity contribution in [3.63, 3.8) is 0 Å². The van der Waals surface area contributed by atoms with Crippen LogP contribution in [0.15, 0.2) is 30.0 Å². The molecule has 0 bridgehead atoms. The number of allylic oxidation sites excluding steroid dienone is 2. The van der Waals surface area contributed by atoms with Crippen LogP contribution in [-0.2, 0) is 21.9 Å². The van der Waals surface area contributed by atoms with Crippen LogP contribution in [-0.4, -0.2) is 11.8 Å². The minimum atomic E-state index is -4.91. The number of nitrogens with one attached hydrogen (secondary N) is 2. The number of carbonyl (C=O) groups excluding carboxylic acids is 2. The maximum absolute atomic E-state index is 13.6. The Morgan fingerprint density at radius 1 is 1.00 bits per heavy atom. The standard InChI is InChI=1S/C27H30F6N2O2/c1-24-11-9-17-15(4-8-21-25(17,2)12-10-22(36)35-21)16(24)6-7-19(24)23(37)34-20-13-14(26(28,29)30)3-5-18(20)27(31,32)33/h3,5,8,13,15-17,19H,4,6-7,9-12H2,1-2H3,(H,34,37)(H,35,36)/t15?,16?,17?,19?,24-,25+/m0/s1. The molecule has 1 aliphatic heterocycles. The number of benzene rings is 1. The van der Waals surface area contributed by atoms with E-state index in [0.29, 0.717) is 43.4 Å². The number of carbonyl (C=O) groups is 2. The van der Waals surface area contributed by atoms with Gasteiger partial charge in [0.15, 0.2) is 0 Å². The first-order valence-electron chi connectivity index (χ1n) is 12.7. The topological polar surface area (TPSA) is 58.2 Å². The number of alkyl halides is 6. The van der Waals surface area contributed by atoms with Crippen LogP contribution in [0, 0.1) is 34.5 Å². The van der Waals surface area contributed by atoms with Gasteiger partial charge in [-0.25, -0.2) is 0 Å². The molecule has 2 saturated carbocycles. The molecular formula is C27H30F6N2O2. The van der Waals surface area contributed by atoms with Gasteiger partial charge in [-0.3, -0.25) is 9.59 Å². The summed E-state index contributed by atoms with van der Waals surface area (Å²) >= 11 is 0. The zero-order valence-electron chi connectivity index (χ0n) is 20.7. The molecule has 202 valence electrons. The molecule has 0 spiro atoms. The van der Waals surface area contributed by atoms with Gasteiger partial charge in [-0.05, 0) is 79.9 Å². The van der Waals surface area contributed by atoms with Gasteiger partial charge in [-0.2, -0.15) is 26.3 Å². The highest BCUT2D eigenvalue weighted by Crippen LogP contribution is 2.65. The first-order valence-corrected chi connectivity index (χ1v) is 12.7. The molecule has 5 rings (SSSR count). The van der Waals surface area contributed by atoms with E-state index in [1.54, 1.807) is 0 Å². The number of halogens is 6. The van der Waals surface area contributed by atoms with Crippen LogP contribution < -0.4 is 10.6 Å². The van der Waals surface area contributed by atoms with Crippen molar-refractivity contribution in [2.75, 3.05) is 5.32 Å². The lowest BCUT2D eigenvalue weighted by Gasteiger charge is -2.57. The normalized spacial score (nSPS) is 35.6. The number of hydrogen-bond acceptors (Lipinski definition) is 2. The molecule has 3 fully saturated rings. The minimum Gasteiger partial charge on any atom is -0.330 e. The maximum Gasteiger partial charge on any atom is 0.418 e. The maximum atomic E-state index is 13.6. The lowest BCUT2D eigenvalue weighted by molar-refractivity contribution is -0.141. The third-order valence-corrected chi connectivity index (χ3v) is 9.84. The molecule has 1 aromatic rings. The van der Waals surface area contributed by atoms with Crippen LogP contribution in [0.25, 0.3) is 0 Å².